The van der Waals surface area contributed by atoms with Crippen LogP contribution >= 0.6 is 23.4 Å². The minimum atomic E-state index is -0.973. The SMILES string of the molecule is CSCCC(C(=O)Nc1cc(Cl)ccn1)n1c(=O)[nH]c2ccccc2c1=O. The summed E-state index contributed by atoms with van der Waals surface area (Å²) in [6.07, 6.45) is 3.67. The van der Waals surface area contributed by atoms with E-state index in [2.05, 4.69) is 15.3 Å². The predicted octanol–water partition coefficient (Wildman–Crippen LogP) is 2.67. The quantitative estimate of drug-likeness (QED) is 0.658. The molecule has 2 aromatic heterocycles. The van der Waals surface area contributed by atoms with E-state index >= 15 is 0 Å². The third kappa shape index (κ3) is 4.23. The zero-order valence-electron chi connectivity index (χ0n) is 14.4. The minimum Gasteiger partial charge on any atom is -0.309 e. The molecule has 3 rings (SSSR count). The number of nitrogens with one attached hydrogen (secondary N) is 2. The number of amides is 1. The molecule has 0 aliphatic rings. The summed E-state index contributed by atoms with van der Waals surface area (Å²) in [6.45, 7) is 0. The molecule has 0 aliphatic heterocycles. The van der Waals surface area contributed by atoms with Crippen molar-refractivity contribution in [2.75, 3.05) is 17.3 Å². The Hall–Kier alpha value is -2.58. The van der Waals surface area contributed by atoms with Crippen LogP contribution in [0.5, 0.6) is 0 Å². The molecule has 1 atom stereocenters. The Kier molecular flexibility index (Phi) is 5.98. The first-order chi connectivity index (χ1) is 13.0. The van der Waals surface area contributed by atoms with E-state index in [4.69, 9.17) is 11.6 Å². The minimum absolute atomic E-state index is 0.256. The summed E-state index contributed by atoms with van der Waals surface area (Å²) < 4.78 is 0.971. The molecule has 2 N–H and O–H groups in total. The fraction of sp³-hybridized carbons (Fsp3) is 0.222. The Morgan fingerprint density at radius 1 is 1.33 bits per heavy atom. The predicted molar refractivity (Wildman–Crippen MR) is 109 cm³/mol. The molecule has 7 nitrogen and oxygen atoms in total. The second-order valence-corrected chi connectivity index (χ2v) is 7.22. The molecule has 1 aromatic carbocycles. The van der Waals surface area contributed by atoms with Crippen molar-refractivity contribution < 1.29 is 4.79 Å². The highest BCUT2D eigenvalue weighted by atomic mass is 35.5. The molecule has 1 unspecified atom stereocenters. The van der Waals surface area contributed by atoms with Gasteiger partial charge in [-0.05, 0) is 42.7 Å². The summed E-state index contributed by atoms with van der Waals surface area (Å²) in [7, 11) is 0. The number of rotatable bonds is 6. The van der Waals surface area contributed by atoms with Crippen molar-refractivity contribution in [3.63, 3.8) is 0 Å². The molecule has 3 aromatic rings. The Morgan fingerprint density at radius 3 is 2.85 bits per heavy atom. The first kappa shape index (κ1) is 19.2. The lowest BCUT2D eigenvalue weighted by Gasteiger charge is -2.18. The second kappa shape index (κ2) is 8.41. The maximum Gasteiger partial charge on any atom is 0.329 e. The van der Waals surface area contributed by atoms with E-state index in [1.54, 1.807) is 30.3 Å². The monoisotopic (exact) mass is 404 g/mol. The number of H-pyrrole nitrogens is 1. The molecule has 0 aliphatic carbocycles. The van der Waals surface area contributed by atoms with Crippen LogP contribution in [0.15, 0.2) is 52.2 Å². The number of aromatic nitrogens is 3. The van der Waals surface area contributed by atoms with Gasteiger partial charge in [-0.25, -0.2) is 14.3 Å². The molecule has 140 valence electrons. The number of anilines is 1. The maximum atomic E-state index is 12.9. The van der Waals surface area contributed by atoms with Crippen molar-refractivity contribution in [1.82, 2.24) is 14.5 Å². The molecule has 27 heavy (non-hydrogen) atoms. The number of halogens is 1. The summed E-state index contributed by atoms with van der Waals surface area (Å²) in [6, 6.07) is 8.81. The highest BCUT2D eigenvalue weighted by molar-refractivity contribution is 7.98. The van der Waals surface area contributed by atoms with E-state index in [1.807, 2.05) is 6.26 Å². The summed E-state index contributed by atoms with van der Waals surface area (Å²) in [5, 5.41) is 3.40. The second-order valence-electron chi connectivity index (χ2n) is 5.80. The zero-order chi connectivity index (χ0) is 19.4. The Morgan fingerprint density at radius 2 is 2.11 bits per heavy atom. The molecule has 0 saturated heterocycles. The summed E-state index contributed by atoms with van der Waals surface area (Å²) in [5.74, 6) is 0.355. The fourth-order valence-corrected chi connectivity index (χ4v) is 3.37. The van der Waals surface area contributed by atoms with Gasteiger partial charge in [0.25, 0.3) is 5.56 Å². The van der Waals surface area contributed by atoms with Crippen LogP contribution in [0.3, 0.4) is 0 Å². The van der Waals surface area contributed by atoms with Crippen LogP contribution in [0.4, 0.5) is 5.82 Å². The molecule has 0 bridgehead atoms. The van der Waals surface area contributed by atoms with Gasteiger partial charge in [-0.15, -0.1) is 0 Å². The number of aromatic amines is 1. The number of carbonyl (C=O) groups is 1. The van der Waals surface area contributed by atoms with Crippen LogP contribution < -0.4 is 16.6 Å². The van der Waals surface area contributed by atoms with E-state index in [9.17, 15) is 14.4 Å². The Balaban J connectivity index is 2.04. The number of carbonyl (C=O) groups excluding carboxylic acids is 1. The van der Waals surface area contributed by atoms with Crippen molar-refractivity contribution >= 4 is 46.0 Å². The van der Waals surface area contributed by atoms with Gasteiger partial charge in [0, 0.05) is 11.2 Å². The van der Waals surface area contributed by atoms with Crippen molar-refractivity contribution in [3.8, 4) is 0 Å². The van der Waals surface area contributed by atoms with E-state index < -0.39 is 23.2 Å². The lowest BCUT2D eigenvalue weighted by molar-refractivity contribution is -0.119. The zero-order valence-corrected chi connectivity index (χ0v) is 16.0. The number of thioether (sulfide) groups is 1. The Bertz CT molecular complexity index is 1100. The number of hydrogen-bond acceptors (Lipinski definition) is 5. The van der Waals surface area contributed by atoms with Gasteiger partial charge >= 0.3 is 5.69 Å². The standard InChI is InChI=1S/C18H17ClN4O3S/c1-27-9-7-14(16(24)22-15-10-11(19)6-8-20-15)23-17(25)12-4-2-3-5-13(12)21-18(23)26/h2-6,8,10,14H,7,9H2,1H3,(H,21,26)(H,20,22,24). The molecule has 0 spiro atoms. The van der Waals surface area contributed by atoms with Crippen LogP contribution in [-0.2, 0) is 4.79 Å². The lowest BCUT2D eigenvalue weighted by atomic mass is 10.2. The third-order valence-electron chi connectivity index (χ3n) is 4.02. The average molecular weight is 405 g/mol. The molecular weight excluding hydrogens is 388 g/mol. The summed E-state index contributed by atoms with van der Waals surface area (Å²) in [4.78, 5) is 45.0. The highest BCUT2D eigenvalue weighted by Crippen LogP contribution is 2.17. The topological polar surface area (TPSA) is 96.8 Å². The highest BCUT2D eigenvalue weighted by Gasteiger charge is 2.25. The Labute approximate surface area is 163 Å². The van der Waals surface area contributed by atoms with Crippen molar-refractivity contribution in [1.29, 1.82) is 0 Å². The number of fused-ring (bicyclic) bond motifs is 1. The van der Waals surface area contributed by atoms with Gasteiger partial charge in [0.15, 0.2) is 0 Å². The summed E-state index contributed by atoms with van der Waals surface area (Å²) in [5.41, 5.74) is -0.696. The number of benzene rings is 1. The van der Waals surface area contributed by atoms with E-state index in [1.165, 1.54) is 24.0 Å². The molecule has 0 radical (unpaired) electrons. The van der Waals surface area contributed by atoms with Crippen LogP contribution in [0, 0.1) is 0 Å². The van der Waals surface area contributed by atoms with Crippen LogP contribution in [0.25, 0.3) is 10.9 Å². The van der Waals surface area contributed by atoms with Crippen molar-refractivity contribution in [2.24, 2.45) is 0 Å². The first-order valence-corrected chi connectivity index (χ1v) is 9.93. The van der Waals surface area contributed by atoms with Gasteiger partial charge in [0.2, 0.25) is 5.91 Å². The number of pyridine rings is 1. The van der Waals surface area contributed by atoms with Crippen LogP contribution in [0.2, 0.25) is 5.02 Å². The largest absolute Gasteiger partial charge is 0.329 e. The van der Waals surface area contributed by atoms with Gasteiger partial charge in [-0.3, -0.25) is 9.59 Å². The van der Waals surface area contributed by atoms with Crippen LogP contribution in [-0.4, -0.2) is 32.5 Å². The third-order valence-corrected chi connectivity index (χ3v) is 4.90. The first-order valence-electron chi connectivity index (χ1n) is 8.16. The molecular formula is C18H17ClN4O3S. The normalized spacial score (nSPS) is 12.1. The van der Waals surface area contributed by atoms with Gasteiger partial charge in [-0.2, -0.15) is 11.8 Å². The average Bonchev–Trinajstić information content (AvgIpc) is 2.64. The molecule has 2 heterocycles. The number of para-hydroxylation sites is 1. The van der Waals surface area contributed by atoms with Gasteiger partial charge < -0.3 is 10.3 Å². The molecule has 1 amide bonds. The van der Waals surface area contributed by atoms with Gasteiger partial charge in [0.1, 0.15) is 11.9 Å². The molecule has 0 fully saturated rings. The maximum absolute atomic E-state index is 12.9. The van der Waals surface area contributed by atoms with Crippen molar-refractivity contribution in [3.05, 3.63) is 68.5 Å². The molecule has 9 heteroatoms. The number of nitrogens with zero attached hydrogens (tertiary/aromatic N) is 2. The smallest absolute Gasteiger partial charge is 0.309 e. The van der Waals surface area contributed by atoms with Gasteiger partial charge in [-0.1, -0.05) is 23.7 Å². The molecule has 0 saturated carbocycles. The lowest BCUT2D eigenvalue weighted by Crippen LogP contribution is -2.43. The number of hydrogen-bond donors (Lipinski definition) is 2. The van der Waals surface area contributed by atoms with Crippen LogP contribution in [0.1, 0.15) is 12.5 Å². The van der Waals surface area contributed by atoms with Gasteiger partial charge in [0.05, 0.1) is 10.9 Å². The fourth-order valence-electron chi connectivity index (χ4n) is 2.75. The van der Waals surface area contributed by atoms with E-state index in [0.717, 1.165) is 4.57 Å². The summed E-state index contributed by atoms with van der Waals surface area (Å²) >= 11 is 7.44. The van der Waals surface area contributed by atoms with E-state index in [-0.39, 0.29) is 5.82 Å². The van der Waals surface area contributed by atoms with E-state index in [0.29, 0.717) is 28.1 Å². The van der Waals surface area contributed by atoms with Crippen molar-refractivity contribution in [2.45, 2.75) is 12.5 Å².